The molecule has 2 aliphatic carbocycles. The van der Waals surface area contributed by atoms with Crippen molar-refractivity contribution >= 4 is 22.9 Å². The van der Waals surface area contributed by atoms with Crippen LogP contribution < -0.4 is 16.4 Å². The summed E-state index contributed by atoms with van der Waals surface area (Å²) in [5, 5.41) is 11.1. The molecule has 0 bridgehead atoms. The summed E-state index contributed by atoms with van der Waals surface area (Å²) in [7, 11) is 0. The van der Waals surface area contributed by atoms with Crippen molar-refractivity contribution < 1.29 is 4.52 Å². The smallest absolute Gasteiger partial charge is 0.365 e. The number of hydrogen-bond acceptors (Lipinski definition) is 10. The summed E-state index contributed by atoms with van der Waals surface area (Å²) in [6.45, 7) is 9.06. The number of imidazole rings is 1. The average Bonchev–Trinajstić information content (AvgIpc) is 3.52. The molecule has 4 heterocycles. The van der Waals surface area contributed by atoms with Gasteiger partial charge in [-0.3, -0.25) is 9.51 Å². The van der Waals surface area contributed by atoms with Crippen LogP contribution in [0.5, 0.6) is 0 Å². The van der Waals surface area contributed by atoms with Crippen LogP contribution in [0.1, 0.15) is 70.4 Å². The summed E-state index contributed by atoms with van der Waals surface area (Å²) in [4.78, 5) is 37.2. The molecule has 0 radical (unpaired) electrons. The Balaban J connectivity index is 1.44. The Bertz CT molecular complexity index is 1520. The number of H-pyrrole nitrogens is 1. The molecule has 0 aromatic carbocycles. The summed E-state index contributed by atoms with van der Waals surface area (Å²) in [6, 6.07) is 0.136. The summed E-state index contributed by atoms with van der Waals surface area (Å²) in [5.74, 6) is 2.83. The molecule has 0 aliphatic heterocycles. The predicted molar refractivity (Wildman–Crippen MR) is 152 cm³/mol. The number of aromatic amines is 1. The Hall–Kier alpha value is -4.09. The number of rotatable bonds is 10. The fourth-order valence-electron chi connectivity index (χ4n) is 5.81. The van der Waals surface area contributed by atoms with E-state index in [0.29, 0.717) is 35.2 Å². The van der Waals surface area contributed by atoms with Crippen molar-refractivity contribution in [3.63, 3.8) is 0 Å². The minimum Gasteiger partial charge on any atom is -0.365 e. The van der Waals surface area contributed by atoms with Gasteiger partial charge in [-0.25, -0.2) is 24.7 Å². The first-order valence-electron chi connectivity index (χ1n) is 14.2. The lowest BCUT2D eigenvalue weighted by Crippen LogP contribution is -2.31. The van der Waals surface area contributed by atoms with Crippen LogP contribution in [-0.4, -0.2) is 45.7 Å². The first-order chi connectivity index (χ1) is 19.5. The molecule has 0 spiro atoms. The molecule has 4 aromatic heterocycles. The Kier molecular flexibility index (Phi) is 7.31. The third-order valence-corrected chi connectivity index (χ3v) is 8.57. The number of hydrogen-bond donors (Lipinski definition) is 3. The van der Waals surface area contributed by atoms with Crippen LogP contribution in [0.15, 0.2) is 40.7 Å². The third-order valence-electron chi connectivity index (χ3n) is 8.57. The Morgan fingerprint density at radius 2 is 1.88 bits per heavy atom. The maximum Gasteiger partial charge on any atom is 0.439 e. The zero-order valence-electron chi connectivity index (χ0n) is 23.0. The average molecular weight is 545 g/mol. The van der Waals surface area contributed by atoms with Gasteiger partial charge in [0.2, 0.25) is 17.6 Å². The molecule has 40 heavy (non-hydrogen) atoms. The van der Waals surface area contributed by atoms with Crippen LogP contribution in [0, 0.1) is 17.8 Å². The number of nitrogens with zero attached hydrogens (tertiary/aromatic N) is 7. The molecule has 210 valence electrons. The quantitative estimate of drug-likeness (QED) is 0.239. The van der Waals surface area contributed by atoms with Crippen molar-refractivity contribution in [2.45, 2.75) is 77.4 Å². The highest BCUT2D eigenvalue weighted by atomic mass is 16.5. The lowest BCUT2D eigenvalue weighted by molar-refractivity contribution is 0.283. The molecule has 2 saturated carbocycles. The maximum atomic E-state index is 11.7. The van der Waals surface area contributed by atoms with Gasteiger partial charge in [-0.2, -0.15) is 4.98 Å². The van der Waals surface area contributed by atoms with Gasteiger partial charge in [0.15, 0.2) is 11.5 Å². The fraction of sp³-hybridized carbons (Fsp3) is 0.536. The highest BCUT2D eigenvalue weighted by Crippen LogP contribution is 2.36. The molecular weight excluding hydrogens is 508 g/mol. The first kappa shape index (κ1) is 26.1. The van der Waals surface area contributed by atoms with Gasteiger partial charge in [-0.1, -0.05) is 17.7 Å². The highest BCUT2D eigenvalue weighted by Gasteiger charge is 2.29. The Morgan fingerprint density at radius 1 is 1.10 bits per heavy atom. The molecule has 2 atom stereocenters. The van der Waals surface area contributed by atoms with Gasteiger partial charge in [0.25, 0.3) is 0 Å². The van der Waals surface area contributed by atoms with E-state index >= 15 is 0 Å². The van der Waals surface area contributed by atoms with E-state index in [1.165, 1.54) is 25.6 Å². The topological polar surface area (TPSA) is 152 Å². The fourth-order valence-corrected chi connectivity index (χ4v) is 5.81. The van der Waals surface area contributed by atoms with Gasteiger partial charge in [0.05, 0.1) is 6.04 Å². The molecule has 3 N–H and O–H groups in total. The van der Waals surface area contributed by atoms with E-state index in [4.69, 9.17) is 19.5 Å². The largest absolute Gasteiger partial charge is 0.439 e. The van der Waals surface area contributed by atoms with E-state index in [1.54, 1.807) is 12.4 Å². The second-order valence-electron chi connectivity index (χ2n) is 11.2. The van der Waals surface area contributed by atoms with Gasteiger partial charge in [0.1, 0.15) is 11.8 Å². The van der Waals surface area contributed by atoms with Gasteiger partial charge in [0, 0.05) is 30.5 Å². The van der Waals surface area contributed by atoms with Crippen molar-refractivity contribution in [1.82, 2.24) is 39.6 Å². The Labute approximate surface area is 232 Å². The van der Waals surface area contributed by atoms with Gasteiger partial charge >= 0.3 is 5.76 Å². The minimum atomic E-state index is -0.655. The highest BCUT2D eigenvalue weighted by molar-refractivity contribution is 5.87. The second-order valence-corrected chi connectivity index (χ2v) is 11.2. The molecule has 0 amide bonds. The van der Waals surface area contributed by atoms with Gasteiger partial charge in [-0.15, -0.1) is 6.58 Å². The van der Waals surface area contributed by atoms with Crippen LogP contribution in [0.2, 0.25) is 0 Å². The number of aromatic nitrogens is 8. The van der Waals surface area contributed by atoms with Crippen molar-refractivity contribution in [3.8, 4) is 11.6 Å². The maximum absolute atomic E-state index is 11.7. The lowest BCUT2D eigenvalue weighted by Gasteiger charge is -2.32. The van der Waals surface area contributed by atoms with Crippen LogP contribution in [-0.2, 0) is 6.54 Å². The molecule has 12 nitrogen and oxygen atoms in total. The van der Waals surface area contributed by atoms with E-state index in [9.17, 15) is 4.79 Å². The third kappa shape index (κ3) is 5.34. The van der Waals surface area contributed by atoms with Crippen molar-refractivity contribution in [1.29, 1.82) is 0 Å². The summed E-state index contributed by atoms with van der Waals surface area (Å²) >= 11 is 0. The second kappa shape index (κ2) is 11.2. The van der Waals surface area contributed by atoms with E-state index in [0.717, 1.165) is 43.3 Å². The molecule has 4 aromatic rings. The Morgan fingerprint density at radius 3 is 2.52 bits per heavy atom. The molecular formula is C28H36N10O2. The lowest BCUT2D eigenvalue weighted by atomic mass is 9.80. The van der Waals surface area contributed by atoms with Crippen LogP contribution in [0.25, 0.3) is 22.8 Å². The molecule has 12 heteroatoms. The van der Waals surface area contributed by atoms with Crippen LogP contribution in [0.3, 0.4) is 0 Å². The minimum absolute atomic E-state index is 0.0853. The SMILES string of the molecule is C=CC1CCC(Cn2c(NC(C)c3cncnc3)nc3nc(-c4noc(=O)[nH]4)nc(N[C@H](C)C4CCC4)c32)CC1. The monoisotopic (exact) mass is 544 g/mol. The number of fused-ring (bicyclic) bond motifs is 1. The van der Waals surface area contributed by atoms with Crippen LogP contribution in [0.4, 0.5) is 11.8 Å². The molecule has 2 fully saturated rings. The van der Waals surface area contributed by atoms with Crippen molar-refractivity contribution in [3.05, 3.63) is 47.5 Å². The summed E-state index contributed by atoms with van der Waals surface area (Å²) < 4.78 is 6.97. The molecule has 1 unspecified atom stereocenters. The van der Waals surface area contributed by atoms with Crippen molar-refractivity contribution in [2.75, 3.05) is 10.6 Å². The molecule has 0 saturated heterocycles. The zero-order valence-corrected chi connectivity index (χ0v) is 23.0. The first-order valence-corrected chi connectivity index (χ1v) is 14.2. The standard InChI is InChI=1S/C28H36N10O2/c1-4-18-8-10-19(11-9-18)14-38-22-23(31-16(2)20-6-5-7-20)33-25(26-36-28(39)40-37-26)34-24(22)35-27(38)32-17(3)21-12-29-15-30-13-21/h4,12-13,15-20H,1,5-11,14H2,2-3H3,(H,36,37,39)(H2,31,32,33,34,35)/t16-,17?,18?,19?/m1/s1. The normalized spacial score (nSPS) is 21.1. The van der Waals surface area contributed by atoms with Crippen molar-refractivity contribution in [2.24, 2.45) is 17.8 Å². The number of anilines is 2. The van der Waals surface area contributed by atoms with E-state index < -0.39 is 5.76 Å². The van der Waals surface area contributed by atoms with Crippen LogP contribution >= 0.6 is 0 Å². The van der Waals surface area contributed by atoms with E-state index in [2.05, 4.69) is 61.8 Å². The molecule has 2 aliphatic rings. The number of allylic oxidation sites excluding steroid dienone is 1. The molecule has 6 rings (SSSR count). The summed E-state index contributed by atoms with van der Waals surface area (Å²) in [5.41, 5.74) is 2.32. The zero-order chi connectivity index (χ0) is 27.6. The summed E-state index contributed by atoms with van der Waals surface area (Å²) in [6.07, 6.45) is 15.4. The van der Waals surface area contributed by atoms with E-state index in [-0.39, 0.29) is 23.7 Å². The van der Waals surface area contributed by atoms with Gasteiger partial charge in [-0.05, 0) is 70.1 Å². The van der Waals surface area contributed by atoms with E-state index in [1.807, 2.05) is 0 Å². The predicted octanol–water partition coefficient (Wildman–Crippen LogP) is 4.73. The number of nitrogens with one attached hydrogen (secondary N) is 3. The van der Waals surface area contributed by atoms with Gasteiger partial charge < -0.3 is 15.2 Å².